The summed E-state index contributed by atoms with van der Waals surface area (Å²) in [6.45, 7) is 4.03. The second-order valence-corrected chi connectivity index (χ2v) is 7.78. The first kappa shape index (κ1) is 16.7. The number of aliphatic imine (C=N–C) groups is 1. The van der Waals surface area contributed by atoms with E-state index in [0.717, 1.165) is 23.9 Å². The van der Waals surface area contributed by atoms with E-state index in [1.165, 1.54) is 11.3 Å². The van der Waals surface area contributed by atoms with Gasteiger partial charge in [0.15, 0.2) is 15.8 Å². The maximum absolute atomic E-state index is 11.7. The summed E-state index contributed by atoms with van der Waals surface area (Å²) in [4.78, 5) is 7.38. The fourth-order valence-corrected chi connectivity index (χ4v) is 4.07. The lowest BCUT2D eigenvalue weighted by Crippen LogP contribution is -2.34. The molecule has 0 spiro atoms. The molecule has 5 nitrogen and oxygen atoms in total. The van der Waals surface area contributed by atoms with E-state index in [-0.39, 0.29) is 29.7 Å². The first-order chi connectivity index (χ1) is 8.53. The average Bonchev–Trinajstić information content (AvgIpc) is 2.96. The van der Waals surface area contributed by atoms with Crippen molar-refractivity contribution in [3.8, 4) is 0 Å². The lowest BCUT2D eigenvalue weighted by Gasteiger charge is -2.14. The summed E-state index contributed by atoms with van der Waals surface area (Å²) >= 11 is 1.33. The molecule has 0 atom stereocenters. The van der Waals surface area contributed by atoms with Gasteiger partial charge in [-0.3, -0.25) is 4.99 Å². The van der Waals surface area contributed by atoms with Gasteiger partial charge in [-0.05, 0) is 12.1 Å². The Balaban J connectivity index is 0.00000180. The second-order valence-electron chi connectivity index (χ2n) is 4.10. The Bertz CT molecular complexity index is 554. The Morgan fingerprint density at radius 1 is 1.47 bits per heavy atom. The first-order valence-corrected chi connectivity index (χ1v) is 8.30. The van der Waals surface area contributed by atoms with Crippen molar-refractivity contribution in [3.05, 3.63) is 17.0 Å². The molecule has 0 bridgehead atoms. The third-order valence-corrected chi connectivity index (χ3v) is 6.20. The molecule has 1 N–H and O–H groups in total. The molecule has 0 saturated heterocycles. The molecule has 0 radical (unpaired) electrons. The molecule has 0 aromatic carbocycles. The van der Waals surface area contributed by atoms with Crippen molar-refractivity contribution in [2.45, 2.75) is 17.7 Å². The first-order valence-electron chi connectivity index (χ1n) is 5.84. The fourth-order valence-electron chi connectivity index (χ4n) is 1.65. The Hall–Kier alpha value is -0.350. The molecule has 2 rings (SSSR count). The monoisotopic (exact) mass is 415 g/mol. The molecule has 1 aliphatic rings. The molecular weight excluding hydrogens is 397 g/mol. The van der Waals surface area contributed by atoms with Crippen molar-refractivity contribution in [1.29, 1.82) is 0 Å². The van der Waals surface area contributed by atoms with Crippen LogP contribution in [0.25, 0.3) is 0 Å². The normalized spacial score (nSPS) is 15.1. The molecule has 0 saturated carbocycles. The van der Waals surface area contributed by atoms with E-state index >= 15 is 0 Å². The highest BCUT2D eigenvalue weighted by molar-refractivity contribution is 14.0. The molecule has 0 aliphatic carbocycles. The molecule has 2 heterocycles. The average molecular weight is 415 g/mol. The highest BCUT2D eigenvalue weighted by atomic mass is 127. The van der Waals surface area contributed by atoms with Gasteiger partial charge in [0.2, 0.25) is 0 Å². The summed E-state index contributed by atoms with van der Waals surface area (Å²) in [5.41, 5.74) is 0. The number of rotatable bonds is 4. The van der Waals surface area contributed by atoms with Gasteiger partial charge in [-0.1, -0.05) is 6.92 Å². The van der Waals surface area contributed by atoms with E-state index in [0.29, 0.717) is 10.8 Å². The van der Waals surface area contributed by atoms with Crippen molar-refractivity contribution in [2.75, 3.05) is 25.9 Å². The van der Waals surface area contributed by atoms with Gasteiger partial charge in [-0.2, -0.15) is 0 Å². The lowest BCUT2D eigenvalue weighted by atomic mass is 10.5. The molecule has 0 amide bonds. The number of halogens is 1. The van der Waals surface area contributed by atoms with Crippen LogP contribution in [0.1, 0.15) is 11.8 Å². The van der Waals surface area contributed by atoms with Crippen LogP contribution in [0.5, 0.6) is 0 Å². The van der Waals surface area contributed by atoms with E-state index in [1.54, 1.807) is 13.0 Å². The fraction of sp³-hybridized carbons (Fsp3) is 0.545. The summed E-state index contributed by atoms with van der Waals surface area (Å²) in [6.07, 6.45) is 0. The Labute approximate surface area is 135 Å². The van der Waals surface area contributed by atoms with Crippen molar-refractivity contribution >= 4 is 51.1 Å². The number of sulfone groups is 1. The van der Waals surface area contributed by atoms with Gasteiger partial charge in [0.05, 0.1) is 18.8 Å². The third kappa shape index (κ3) is 4.06. The predicted molar refractivity (Wildman–Crippen MR) is 89.2 cm³/mol. The van der Waals surface area contributed by atoms with E-state index < -0.39 is 9.84 Å². The topological polar surface area (TPSA) is 61.8 Å². The molecule has 1 aliphatic heterocycles. The number of nitrogens with one attached hydrogen (secondary N) is 1. The SMILES string of the molecule is CCS(=O)(=O)c1ccc(CNC2=NCCN2C)s1.I. The van der Waals surface area contributed by atoms with Crippen LogP contribution in [0.3, 0.4) is 0 Å². The van der Waals surface area contributed by atoms with Gasteiger partial charge in [0, 0.05) is 18.5 Å². The smallest absolute Gasteiger partial charge is 0.194 e. The molecular formula is C11H18IN3O2S2. The van der Waals surface area contributed by atoms with Crippen molar-refractivity contribution in [3.63, 3.8) is 0 Å². The second kappa shape index (κ2) is 6.89. The Kier molecular flexibility index (Phi) is 6.06. The molecule has 0 fully saturated rings. The zero-order valence-electron chi connectivity index (χ0n) is 10.9. The van der Waals surface area contributed by atoms with E-state index in [1.807, 2.05) is 13.1 Å². The van der Waals surface area contributed by atoms with Gasteiger partial charge in [-0.25, -0.2) is 8.42 Å². The number of hydrogen-bond donors (Lipinski definition) is 1. The van der Waals surface area contributed by atoms with Crippen LogP contribution in [0.2, 0.25) is 0 Å². The van der Waals surface area contributed by atoms with Crippen molar-refractivity contribution < 1.29 is 8.42 Å². The quantitative estimate of drug-likeness (QED) is 0.759. The van der Waals surface area contributed by atoms with Gasteiger partial charge in [-0.15, -0.1) is 35.3 Å². The van der Waals surface area contributed by atoms with Crippen LogP contribution < -0.4 is 5.32 Å². The maximum atomic E-state index is 11.7. The van der Waals surface area contributed by atoms with Gasteiger partial charge in [0.25, 0.3) is 0 Å². The standard InChI is InChI=1S/C11H17N3O2S2.HI/c1-3-18(15,16)10-5-4-9(17-10)8-13-11-12-6-7-14(11)2;/h4-5H,3,6-8H2,1-2H3,(H,12,13);1H. The lowest BCUT2D eigenvalue weighted by molar-refractivity contribution is 0.534. The number of guanidine groups is 1. The van der Waals surface area contributed by atoms with Crippen LogP contribution in [0, 0.1) is 0 Å². The molecule has 19 heavy (non-hydrogen) atoms. The number of nitrogens with zero attached hydrogens (tertiary/aromatic N) is 2. The highest BCUT2D eigenvalue weighted by Gasteiger charge is 2.15. The van der Waals surface area contributed by atoms with Gasteiger partial charge < -0.3 is 10.2 Å². The summed E-state index contributed by atoms with van der Waals surface area (Å²) in [5, 5.41) is 3.22. The molecule has 1 aromatic heterocycles. The van der Waals surface area contributed by atoms with Crippen LogP contribution in [0.15, 0.2) is 21.3 Å². The zero-order valence-corrected chi connectivity index (χ0v) is 14.9. The Morgan fingerprint density at radius 3 is 2.79 bits per heavy atom. The largest absolute Gasteiger partial charge is 0.351 e. The number of hydrogen-bond acceptors (Lipinski definition) is 6. The van der Waals surface area contributed by atoms with E-state index in [9.17, 15) is 8.42 Å². The molecule has 8 heteroatoms. The van der Waals surface area contributed by atoms with Crippen molar-refractivity contribution in [2.24, 2.45) is 4.99 Å². The Morgan fingerprint density at radius 2 is 2.21 bits per heavy atom. The molecule has 0 unspecified atom stereocenters. The minimum Gasteiger partial charge on any atom is -0.351 e. The minimum atomic E-state index is -3.08. The van der Waals surface area contributed by atoms with E-state index in [2.05, 4.69) is 15.2 Å². The van der Waals surface area contributed by atoms with Crippen LogP contribution in [0.4, 0.5) is 0 Å². The zero-order chi connectivity index (χ0) is 13.2. The minimum absolute atomic E-state index is 0. The van der Waals surface area contributed by atoms with Gasteiger partial charge in [0.1, 0.15) is 4.21 Å². The summed E-state index contributed by atoms with van der Waals surface area (Å²) in [7, 11) is -1.09. The van der Waals surface area contributed by atoms with Crippen molar-refractivity contribution in [1.82, 2.24) is 10.2 Å². The highest BCUT2D eigenvalue weighted by Crippen LogP contribution is 2.22. The van der Waals surface area contributed by atoms with Crippen LogP contribution >= 0.6 is 35.3 Å². The molecule has 1 aromatic rings. The van der Waals surface area contributed by atoms with Gasteiger partial charge >= 0.3 is 0 Å². The predicted octanol–water partition coefficient (Wildman–Crippen LogP) is 1.55. The van der Waals surface area contributed by atoms with E-state index in [4.69, 9.17) is 0 Å². The number of likely N-dealkylation sites (N-methyl/N-ethyl adjacent to an activating group) is 1. The van der Waals surface area contributed by atoms with Crippen LogP contribution in [-0.2, 0) is 16.4 Å². The maximum Gasteiger partial charge on any atom is 0.194 e. The number of thiophene rings is 1. The summed E-state index contributed by atoms with van der Waals surface area (Å²) in [5.74, 6) is 1.03. The van der Waals surface area contributed by atoms with Crippen LogP contribution in [-0.4, -0.2) is 45.2 Å². The summed E-state index contributed by atoms with van der Waals surface area (Å²) in [6, 6.07) is 3.54. The summed E-state index contributed by atoms with van der Waals surface area (Å²) < 4.78 is 23.8. The third-order valence-electron chi connectivity index (χ3n) is 2.80. The molecule has 108 valence electrons.